The van der Waals surface area contributed by atoms with E-state index in [0.29, 0.717) is 5.70 Å². The Labute approximate surface area is 83.2 Å². The molecule has 0 saturated carbocycles. The summed E-state index contributed by atoms with van der Waals surface area (Å²) in [6.07, 6.45) is 1.15. The fourth-order valence-corrected chi connectivity index (χ4v) is 0.614. The molecule has 0 bridgehead atoms. The molecule has 0 aromatic carbocycles. The van der Waals surface area contributed by atoms with Crippen molar-refractivity contribution in [3.05, 3.63) is 11.8 Å². The fourth-order valence-electron chi connectivity index (χ4n) is 0.614. The lowest BCUT2D eigenvalue weighted by atomic mass is 9.95. The van der Waals surface area contributed by atoms with E-state index >= 15 is 0 Å². The lowest BCUT2D eigenvalue weighted by Crippen LogP contribution is -2.32. The number of aliphatic hydroxyl groups is 2. The molecule has 0 aliphatic rings. The molecule has 0 rings (SSSR count). The minimum absolute atomic E-state index is 0.0391. The smallest absolute Gasteiger partial charge is 0.332 e. The van der Waals surface area contributed by atoms with Crippen molar-refractivity contribution in [3.63, 3.8) is 0 Å². The van der Waals surface area contributed by atoms with Crippen molar-refractivity contribution in [3.8, 4) is 0 Å². The van der Waals surface area contributed by atoms with Gasteiger partial charge in [-0.1, -0.05) is 6.92 Å². The second kappa shape index (κ2) is 5.62. The van der Waals surface area contributed by atoms with Crippen LogP contribution in [0.25, 0.3) is 0 Å². The Kier molecular flexibility index (Phi) is 5.19. The topological polar surface area (TPSA) is 92.8 Å². The van der Waals surface area contributed by atoms with Crippen LogP contribution >= 0.6 is 0 Å². The van der Waals surface area contributed by atoms with Crippen LogP contribution in [0.5, 0.6) is 0 Å². The van der Waals surface area contributed by atoms with E-state index in [-0.39, 0.29) is 19.8 Å². The number of carbonyl (C=O) groups excluding carboxylic acids is 1. The Bertz CT molecular complexity index is 217. The first-order valence-corrected chi connectivity index (χ1v) is 4.26. The minimum Gasteiger partial charge on any atom is -0.462 e. The predicted octanol–water partition coefficient (Wildman–Crippen LogP) is -0.617. The number of nitrogens with two attached hydrogens (primary N) is 1. The van der Waals surface area contributed by atoms with E-state index in [1.165, 1.54) is 0 Å². The Hall–Kier alpha value is -1.07. The average Bonchev–Trinajstić information content (AvgIpc) is 2.13. The highest BCUT2D eigenvalue weighted by Crippen LogP contribution is 2.14. The molecule has 0 fully saturated rings. The SMILES string of the molecule is C/C(N)=C/C(=O)OCC(C)(CO)CO. The number of hydrogen-bond acceptors (Lipinski definition) is 5. The zero-order chi connectivity index (χ0) is 11.2. The Morgan fingerprint density at radius 2 is 2.00 bits per heavy atom. The summed E-state index contributed by atoms with van der Waals surface area (Å²) >= 11 is 0. The first-order chi connectivity index (χ1) is 6.43. The summed E-state index contributed by atoms with van der Waals surface area (Å²) in [4.78, 5) is 11.0. The van der Waals surface area contributed by atoms with Crippen molar-refractivity contribution < 1.29 is 19.7 Å². The first-order valence-electron chi connectivity index (χ1n) is 4.26. The van der Waals surface area contributed by atoms with Gasteiger partial charge in [0, 0.05) is 17.2 Å². The van der Waals surface area contributed by atoms with Crippen LogP contribution in [0.2, 0.25) is 0 Å². The van der Waals surface area contributed by atoms with Crippen molar-refractivity contribution >= 4 is 5.97 Å². The van der Waals surface area contributed by atoms with E-state index in [4.69, 9.17) is 20.7 Å². The number of rotatable bonds is 5. The standard InChI is InChI=1S/C9H17NO4/c1-7(10)3-8(13)14-6-9(2,4-11)5-12/h3,11-12H,4-6,10H2,1-2H3/b7-3-. The Morgan fingerprint density at radius 3 is 2.36 bits per heavy atom. The van der Waals surface area contributed by atoms with E-state index in [0.717, 1.165) is 6.08 Å². The van der Waals surface area contributed by atoms with Gasteiger partial charge in [0.15, 0.2) is 0 Å². The van der Waals surface area contributed by atoms with Gasteiger partial charge in [0.2, 0.25) is 0 Å². The molecule has 0 saturated heterocycles. The second-order valence-electron chi connectivity index (χ2n) is 3.62. The van der Waals surface area contributed by atoms with E-state index < -0.39 is 11.4 Å². The number of esters is 1. The maximum absolute atomic E-state index is 11.0. The molecule has 0 radical (unpaired) electrons. The normalized spacial score (nSPS) is 12.7. The highest BCUT2D eigenvalue weighted by molar-refractivity contribution is 5.82. The number of aliphatic hydroxyl groups excluding tert-OH is 2. The number of allylic oxidation sites excluding steroid dienone is 1. The van der Waals surface area contributed by atoms with E-state index in [2.05, 4.69) is 0 Å². The van der Waals surface area contributed by atoms with Gasteiger partial charge in [-0.05, 0) is 6.92 Å². The molecule has 5 nitrogen and oxygen atoms in total. The molecule has 82 valence electrons. The molecule has 4 N–H and O–H groups in total. The van der Waals surface area contributed by atoms with Crippen molar-refractivity contribution in [1.82, 2.24) is 0 Å². The molecule has 0 heterocycles. The van der Waals surface area contributed by atoms with Crippen LogP contribution in [-0.2, 0) is 9.53 Å². The third-order valence-corrected chi connectivity index (χ3v) is 1.67. The highest BCUT2D eigenvalue weighted by Gasteiger charge is 2.24. The minimum atomic E-state index is -0.800. The summed E-state index contributed by atoms with van der Waals surface area (Å²) < 4.78 is 4.78. The molecule has 0 aromatic rings. The maximum Gasteiger partial charge on any atom is 0.332 e. The quantitative estimate of drug-likeness (QED) is 0.409. The Balaban J connectivity index is 4.05. The van der Waals surface area contributed by atoms with Crippen molar-refractivity contribution in [1.29, 1.82) is 0 Å². The molecule has 0 unspecified atom stereocenters. The van der Waals surface area contributed by atoms with Gasteiger partial charge in [-0.2, -0.15) is 0 Å². The molecule has 0 atom stereocenters. The van der Waals surface area contributed by atoms with Gasteiger partial charge < -0.3 is 20.7 Å². The molecule has 14 heavy (non-hydrogen) atoms. The van der Waals surface area contributed by atoms with Crippen molar-refractivity contribution in [2.24, 2.45) is 11.1 Å². The van der Waals surface area contributed by atoms with Gasteiger partial charge in [-0.3, -0.25) is 0 Å². The number of carbonyl (C=O) groups is 1. The van der Waals surface area contributed by atoms with Crippen LogP contribution in [0.1, 0.15) is 13.8 Å². The van der Waals surface area contributed by atoms with Gasteiger partial charge in [0.1, 0.15) is 6.61 Å². The van der Waals surface area contributed by atoms with Gasteiger partial charge in [0.25, 0.3) is 0 Å². The first kappa shape index (κ1) is 12.9. The largest absolute Gasteiger partial charge is 0.462 e. The number of hydrogen-bond donors (Lipinski definition) is 3. The zero-order valence-electron chi connectivity index (χ0n) is 8.49. The summed E-state index contributed by atoms with van der Waals surface area (Å²) in [5.41, 5.74) is 4.81. The summed E-state index contributed by atoms with van der Waals surface area (Å²) in [6, 6.07) is 0. The highest BCUT2D eigenvalue weighted by atomic mass is 16.5. The van der Waals surface area contributed by atoms with Crippen LogP contribution in [0, 0.1) is 5.41 Å². The molecule has 0 aliphatic heterocycles. The zero-order valence-corrected chi connectivity index (χ0v) is 8.49. The molecular weight excluding hydrogens is 186 g/mol. The van der Waals surface area contributed by atoms with Crippen LogP contribution in [0.3, 0.4) is 0 Å². The average molecular weight is 203 g/mol. The van der Waals surface area contributed by atoms with E-state index in [1.807, 2.05) is 0 Å². The van der Waals surface area contributed by atoms with Gasteiger partial charge in [-0.15, -0.1) is 0 Å². The molecule has 0 aromatic heterocycles. The van der Waals surface area contributed by atoms with Gasteiger partial charge in [0.05, 0.1) is 13.2 Å². The van der Waals surface area contributed by atoms with Crippen molar-refractivity contribution in [2.75, 3.05) is 19.8 Å². The van der Waals surface area contributed by atoms with Crippen molar-refractivity contribution in [2.45, 2.75) is 13.8 Å². The summed E-state index contributed by atoms with van der Waals surface area (Å²) in [5, 5.41) is 17.8. The Morgan fingerprint density at radius 1 is 1.50 bits per heavy atom. The van der Waals surface area contributed by atoms with Crippen LogP contribution in [0.15, 0.2) is 11.8 Å². The fraction of sp³-hybridized carbons (Fsp3) is 0.667. The molecule has 0 spiro atoms. The van der Waals surface area contributed by atoms with Gasteiger partial charge >= 0.3 is 5.97 Å². The monoisotopic (exact) mass is 203 g/mol. The lowest BCUT2D eigenvalue weighted by molar-refractivity contribution is -0.143. The molecular formula is C9H17NO4. The van der Waals surface area contributed by atoms with Crippen LogP contribution in [-0.4, -0.2) is 36.0 Å². The number of ether oxygens (including phenoxy) is 1. The van der Waals surface area contributed by atoms with Crippen LogP contribution in [0.4, 0.5) is 0 Å². The molecule has 0 aliphatic carbocycles. The summed E-state index contributed by atoms with van der Waals surface area (Å²) in [6.45, 7) is 2.64. The third-order valence-electron chi connectivity index (χ3n) is 1.67. The molecule has 0 amide bonds. The third kappa shape index (κ3) is 4.84. The van der Waals surface area contributed by atoms with E-state index in [1.54, 1.807) is 13.8 Å². The summed E-state index contributed by atoms with van der Waals surface area (Å²) in [7, 11) is 0. The summed E-state index contributed by atoms with van der Waals surface area (Å²) in [5.74, 6) is -0.571. The predicted molar refractivity (Wildman–Crippen MR) is 51.2 cm³/mol. The van der Waals surface area contributed by atoms with E-state index in [9.17, 15) is 4.79 Å². The van der Waals surface area contributed by atoms with Gasteiger partial charge in [-0.25, -0.2) is 4.79 Å². The second-order valence-corrected chi connectivity index (χ2v) is 3.62. The van der Waals surface area contributed by atoms with Crippen LogP contribution < -0.4 is 5.73 Å². The maximum atomic E-state index is 11.0. The molecule has 5 heteroatoms. The lowest BCUT2D eigenvalue weighted by Gasteiger charge is -2.23.